The zero-order valence-corrected chi connectivity index (χ0v) is 9.90. The van der Waals surface area contributed by atoms with Gasteiger partial charge >= 0.3 is 0 Å². The molecular weight excluding hydrogens is 241 g/mol. The summed E-state index contributed by atoms with van der Waals surface area (Å²) in [5.74, 6) is -1.91. The highest BCUT2D eigenvalue weighted by molar-refractivity contribution is 5.96. The first-order valence-electron chi connectivity index (χ1n) is 5.29. The number of carbonyl (C=O) groups is 2. The van der Waals surface area contributed by atoms with Crippen LogP contribution in [0.5, 0.6) is 0 Å². The van der Waals surface area contributed by atoms with E-state index in [1.54, 1.807) is 0 Å². The number of hydrogen-bond donors (Lipinski definition) is 2. The second kappa shape index (κ2) is 7.33. The molecule has 6 nitrogen and oxygen atoms in total. The van der Waals surface area contributed by atoms with Crippen molar-refractivity contribution in [2.75, 3.05) is 26.8 Å². The minimum Gasteiger partial charge on any atom is -0.383 e. The van der Waals surface area contributed by atoms with Crippen molar-refractivity contribution in [3.05, 3.63) is 29.8 Å². The van der Waals surface area contributed by atoms with Crippen LogP contribution in [0.25, 0.3) is 0 Å². The zero-order valence-electron chi connectivity index (χ0n) is 9.90. The Hall–Kier alpha value is -2.02. The molecule has 0 bridgehead atoms. The van der Waals surface area contributed by atoms with Crippen LogP contribution in [-0.2, 0) is 9.53 Å². The Morgan fingerprint density at radius 2 is 2.22 bits per heavy atom. The summed E-state index contributed by atoms with van der Waals surface area (Å²) in [6.07, 6.45) is 1.24. The van der Waals surface area contributed by atoms with Gasteiger partial charge in [-0.05, 0) is 12.1 Å². The van der Waals surface area contributed by atoms with Crippen molar-refractivity contribution in [2.45, 2.75) is 0 Å². The number of ether oxygens (including phenoxy) is 1. The highest BCUT2D eigenvalue weighted by atomic mass is 19.1. The van der Waals surface area contributed by atoms with Gasteiger partial charge in [0.15, 0.2) is 0 Å². The summed E-state index contributed by atoms with van der Waals surface area (Å²) in [5, 5.41) is 4.81. The largest absolute Gasteiger partial charge is 0.383 e. The molecule has 1 aromatic rings. The standard InChI is InChI=1S/C11H14FN3O3/c1-18-6-5-13-9(16)7-15-11(17)8-3-2-4-14-10(8)12/h2-4H,5-7H2,1H3,(H,13,16)(H,15,17). The Morgan fingerprint density at radius 1 is 1.44 bits per heavy atom. The van der Waals surface area contributed by atoms with Gasteiger partial charge in [0.25, 0.3) is 5.91 Å². The number of amides is 2. The van der Waals surface area contributed by atoms with Gasteiger partial charge in [-0.25, -0.2) is 4.98 Å². The Morgan fingerprint density at radius 3 is 2.89 bits per heavy atom. The van der Waals surface area contributed by atoms with E-state index in [0.717, 1.165) is 0 Å². The number of aromatic nitrogens is 1. The van der Waals surface area contributed by atoms with Gasteiger partial charge in [0.2, 0.25) is 11.9 Å². The van der Waals surface area contributed by atoms with Crippen molar-refractivity contribution >= 4 is 11.8 Å². The molecule has 2 amide bonds. The number of pyridine rings is 1. The van der Waals surface area contributed by atoms with Gasteiger partial charge in [0, 0.05) is 19.9 Å². The molecule has 2 N–H and O–H groups in total. The van der Waals surface area contributed by atoms with Gasteiger partial charge in [-0.2, -0.15) is 4.39 Å². The summed E-state index contributed by atoms with van der Waals surface area (Å²) in [5.41, 5.74) is -0.192. The summed E-state index contributed by atoms with van der Waals surface area (Å²) in [6, 6.07) is 2.73. The van der Waals surface area contributed by atoms with Crippen molar-refractivity contribution in [3.63, 3.8) is 0 Å². The lowest BCUT2D eigenvalue weighted by Gasteiger charge is -2.06. The van der Waals surface area contributed by atoms with Crippen LogP contribution in [-0.4, -0.2) is 43.6 Å². The molecule has 0 saturated carbocycles. The second-order valence-corrected chi connectivity index (χ2v) is 3.37. The summed E-state index contributed by atoms with van der Waals surface area (Å²) in [6.45, 7) is 0.514. The number of halogens is 1. The number of rotatable bonds is 6. The smallest absolute Gasteiger partial charge is 0.256 e. The summed E-state index contributed by atoms with van der Waals surface area (Å²) in [7, 11) is 1.51. The molecule has 0 radical (unpaired) electrons. The third-order valence-electron chi connectivity index (χ3n) is 2.04. The molecule has 0 fully saturated rings. The van der Waals surface area contributed by atoms with Gasteiger partial charge in [-0.3, -0.25) is 9.59 Å². The van der Waals surface area contributed by atoms with E-state index in [2.05, 4.69) is 15.6 Å². The lowest BCUT2D eigenvalue weighted by Crippen LogP contribution is -2.38. The fourth-order valence-corrected chi connectivity index (χ4v) is 1.17. The van der Waals surface area contributed by atoms with Gasteiger partial charge in [-0.15, -0.1) is 0 Å². The predicted octanol–water partition coefficient (Wildman–Crippen LogP) is -0.287. The molecule has 1 aromatic heterocycles. The summed E-state index contributed by atoms with van der Waals surface area (Å²) in [4.78, 5) is 26.1. The summed E-state index contributed by atoms with van der Waals surface area (Å²) >= 11 is 0. The molecule has 0 atom stereocenters. The Balaban J connectivity index is 2.38. The lowest BCUT2D eigenvalue weighted by molar-refractivity contribution is -0.120. The maximum absolute atomic E-state index is 13.1. The highest BCUT2D eigenvalue weighted by Gasteiger charge is 2.12. The van der Waals surface area contributed by atoms with Crippen LogP contribution in [0.4, 0.5) is 4.39 Å². The van der Waals surface area contributed by atoms with Crippen LogP contribution in [0, 0.1) is 5.95 Å². The van der Waals surface area contributed by atoms with E-state index in [4.69, 9.17) is 4.74 Å². The molecule has 98 valence electrons. The normalized spacial score (nSPS) is 9.89. The molecule has 0 aromatic carbocycles. The molecule has 0 saturated heterocycles. The molecule has 1 heterocycles. The second-order valence-electron chi connectivity index (χ2n) is 3.37. The van der Waals surface area contributed by atoms with Gasteiger partial charge < -0.3 is 15.4 Å². The number of carbonyl (C=O) groups excluding carboxylic acids is 2. The zero-order chi connectivity index (χ0) is 13.4. The van der Waals surface area contributed by atoms with Gasteiger partial charge in [-0.1, -0.05) is 0 Å². The third-order valence-corrected chi connectivity index (χ3v) is 2.04. The molecule has 0 aliphatic heterocycles. The first kappa shape index (κ1) is 14.0. The van der Waals surface area contributed by atoms with Crippen molar-refractivity contribution in [1.29, 1.82) is 0 Å². The highest BCUT2D eigenvalue weighted by Crippen LogP contribution is 2.01. The van der Waals surface area contributed by atoms with Crippen LogP contribution < -0.4 is 10.6 Å². The maximum Gasteiger partial charge on any atom is 0.256 e. The van der Waals surface area contributed by atoms with Crippen molar-refractivity contribution in [1.82, 2.24) is 15.6 Å². The van der Waals surface area contributed by atoms with E-state index in [1.165, 1.54) is 25.4 Å². The fourth-order valence-electron chi connectivity index (χ4n) is 1.17. The SMILES string of the molecule is COCCNC(=O)CNC(=O)c1cccnc1F. The Kier molecular flexibility index (Phi) is 5.72. The quantitative estimate of drug-likeness (QED) is 0.541. The van der Waals surface area contributed by atoms with Crippen LogP contribution in [0.2, 0.25) is 0 Å². The molecule has 7 heteroatoms. The van der Waals surface area contributed by atoms with Gasteiger partial charge in [0.1, 0.15) is 0 Å². The average molecular weight is 255 g/mol. The van der Waals surface area contributed by atoms with Crippen LogP contribution in [0.3, 0.4) is 0 Å². The first-order chi connectivity index (χ1) is 8.65. The maximum atomic E-state index is 13.1. The van der Waals surface area contributed by atoms with E-state index in [0.29, 0.717) is 13.2 Å². The third kappa shape index (κ3) is 4.46. The van der Waals surface area contributed by atoms with Crippen LogP contribution >= 0.6 is 0 Å². The minimum atomic E-state index is -0.866. The van der Waals surface area contributed by atoms with Crippen LogP contribution in [0.1, 0.15) is 10.4 Å². The number of methoxy groups -OCH3 is 1. The van der Waals surface area contributed by atoms with E-state index < -0.39 is 11.9 Å². The van der Waals surface area contributed by atoms with Crippen molar-refractivity contribution in [3.8, 4) is 0 Å². The molecule has 0 aliphatic rings. The Labute approximate surface area is 104 Å². The van der Waals surface area contributed by atoms with E-state index in [9.17, 15) is 14.0 Å². The average Bonchev–Trinajstić information content (AvgIpc) is 2.37. The van der Waals surface area contributed by atoms with E-state index in [-0.39, 0.29) is 18.0 Å². The minimum absolute atomic E-state index is 0.192. The molecular formula is C11H14FN3O3. The van der Waals surface area contributed by atoms with Crippen LogP contribution in [0.15, 0.2) is 18.3 Å². The summed E-state index contributed by atoms with van der Waals surface area (Å²) < 4.78 is 17.9. The topological polar surface area (TPSA) is 80.3 Å². The van der Waals surface area contributed by atoms with E-state index in [1.807, 2.05) is 0 Å². The number of hydrogen-bond acceptors (Lipinski definition) is 4. The molecule has 0 unspecified atom stereocenters. The predicted molar refractivity (Wildman–Crippen MR) is 61.4 cm³/mol. The lowest BCUT2D eigenvalue weighted by atomic mass is 10.2. The molecule has 1 rings (SSSR count). The Bertz CT molecular complexity index is 426. The fraction of sp³-hybridized carbons (Fsp3) is 0.364. The molecule has 0 aliphatic carbocycles. The van der Waals surface area contributed by atoms with E-state index >= 15 is 0 Å². The van der Waals surface area contributed by atoms with Crippen molar-refractivity contribution in [2.24, 2.45) is 0 Å². The monoisotopic (exact) mass is 255 g/mol. The number of nitrogens with one attached hydrogen (secondary N) is 2. The van der Waals surface area contributed by atoms with Crippen molar-refractivity contribution < 1.29 is 18.7 Å². The van der Waals surface area contributed by atoms with Gasteiger partial charge in [0.05, 0.1) is 18.7 Å². The molecule has 0 spiro atoms. The number of nitrogens with zero attached hydrogens (tertiary/aromatic N) is 1. The first-order valence-corrected chi connectivity index (χ1v) is 5.29. The molecule has 18 heavy (non-hydrogen) atoms.